The second-order valence-electron chi connectivity index (χ2n) is 6.01. The third kappa shape index (κ3) is 2.74. The first-order valence-corrected chi connectivity index (χ1v) is 7.47. The fourth-order valence-electron chi connectivity index (χ4n) is 3.34. The molecule has 1 saturated heterocycles. The lowest BCUT2D eigenvalue weighted by Gasteiger charge is -2.10. The smallest absolute Gasteiger partial charge is 0.123 e. The van der Waals surface area contributed by atoms with Gasteiger partial charge in [0.25, 0.3) is 0 Å². The monoisotopic (exact) mass is 285 g/mol. The molecule has 2 aromatic rings. The van der Waals surface area contributed by atoms with Crippen molar-refractivity contribution in [3.05, 3.63) is 40.8 Å². The first-order valence-electron chi connectivity index (χ1n) is 7.47. The van der Waals surface area contributed by atoms with Crippen LogP contribution in [0, 0.1) is 20.8 Å². The highest BCUT2D eigenvalue weighted by Gasteiger charge is 2.27. The summed E-state index contributed by atoms with van der Waals surface area (Å²) in [5.41, 5.74) is 6.24. The maximum atomic E-state index is 5.40. The van der Waals surface area contributed by atoms with E-state index in [1.54, 1.807) is 7.11 Å². The number of aromatic nitrogens is 2. The minimum atomic E-state index is 0.259. The van der Waals surface area contributed by atoms with Crippen molar-refractivity contribution in [3.63, 3.8) is 0 Å². The molecule has 0 radical (unpaired) electrons. The highest BCUT2D eigenvalue weighted by Crippen LogP contribution is 2.29. The van der Waals surface area contributed by atoms with E-state index >= 15 is 0 Å². The average Bonchev–Trinajstić information content (AvgIpc) is 3.05. The van der Waals surface area contributed by atoms with E-state index in [2.05, 4.69) is 48.2 Å². The summed E-state index contributed by atoms with van der Waals surface area (Å²) < 4.78 is 5.40. The Balaban J connectivity index is 1.89. The molecule has 3 rings (SSSR count). The SMILES string of the molecule is COC1CNC(c2ncc(-c3c(C)cc(C)cc3C)[nH]2)C1. The Hall–Kier alpha value is -1.65. The number of hydrogen-bond acceptors (Lipinski definition) is 3. The summed E-state index contributed by atoms with van der Waals surface area (Å²) in [6.45, 7) is 7.34. The first kappa shape index (κ1) is 14.3. The molecule has 1 aromatic carbocycles. The van der Waals surface area contributed by atoms with E-state index < -0.39 is 0 Å². The molecule has 0 saturated carbocycles. The highest BCUT2D eigenvalue weighted by atomic mass is 16.5. The van der Waals surface area contributed by atoms with E-state index in [4.69, 9.17) is 4.74 Å². The van der Waals surface area contributed by atoms with Gasteiger partial charge in [-0.3, -0.25) is 0 Å². The van der Waals surface area contributed by atoms with Gasteiger partial charge in [-0.05, 0) is 38.3 Å². The van der Waals surface area contributed by atoms with Crippen molar-refractivity contribution in [1.82, 2.24) is 15.3 Å². The number of methoxy groups -OCH3 is 1. The molecule has 0 bridgehead atoms. The van der Waals surface area contributed by atoms with E-state index in [-0.39, 0.29) is 12.1 Å². The lowest BCUT2D eigenvalue weighted by Crippen LogP contribution is -2.16. The molecular weight excluding hydrogens is 262 g/mol. The van der Waals surface area contributed by atoms with E-state index in [1.165, 1.54) is 22.3 Å². The van der Waals surface area contributed by atoms with Crippen LogP contribution in [0.4, 0.5) is 0 Å². The predicted molar refractivity (Wildman–Crippen MR) is 84.4 cm³/mol. The van der Waals surface area contributed by atoms with Gasteiger partial charge in [0.05, 0.1) is 24.0 Å². The number of rotatable bonds is 3. The quantitative estimate of drug-likeness (QED) is 0.911. The number of nitrogens with one attached hydrogen (secondary N) is 2. The molecule has 0 spiro atoms. The molecule has 4 heteroatoms. The second kappa shape index (κ2) is 5.62. The van der Waals surface area contributed by atoms with Crippen LogP contribution in [0.1, 0.15) is 35.0 Å². The van der Waals surface area contributed by atoms with Crippen LogP contribution in [0.25, 0.3) is 11.3 Å². The van der Waals surface area contributed by atoms with Gasteiger partial charge in [0.1, 0.15) is 5.82 Å². The van der Waals surface area contributed by atoms with Crippen LogP contribution in [-0.2, 0) is 4.74 Å². The van der Waals surface area contributed by atoms with Gasteiger partial charge in [0.2, 0.25) is 0 Å². The molecule has 21 heavy (non-hydrogen) atoms. The normalized spacial score (nSPS) is 21.9. The molecule has 1 aliphatic rings. The molecule has 2 heterocycles. The highest BCUT2D eigenvalue weighted by molar-refractivity contribution is 5.67. The predicted octanol–water partition coefficient (Wildman–Crippen LogP) is 3.05. The lowest BCUT2D eigenvalue weighted by atomic mass is 9.98. The molecular formula is C17H23N3O. The number of aryl methyl sites for hydroxylation is 3. The van der Waals surface area contributed by atoms with Crippen molar-refractivity contribution < 1.29 is 4.74 Å². The minimum Gasteiger partial charge on any atom is -0.380 e. The summed E-state index contributed by atoms with van der Waals surface area (Å²) in [6.07, 6.45) is 3.20. The fourth-order valence-corrected chi connectivity index (χ4v) is 3.34. The zero-order valence-electron chi connectivity index (χ0n) is 13.2. The summed E-state index contributed by atoms with van der Waals surface area (Å²) in [5.74, 6) is 1.00. The number of aromatic amines is 1. The molecule has 2 N–H and O–H groups in total. The Morgan fingerprint density at radius 3 is 2.52 bits per heavy atom. The van der Waals surface area contributed by atoms with Gasteiger partial charge in [0, 0.05) is 19.2 Å². The molecule has 1 fully saturated rings. The Kier molecular flexibility index (Phi) is 3.83. The number of hydrogen-bond donors (Lipinski definition) is 2. The van der Waals surface area contributed by atoms with Crippen LogP contribution in [0.2, 0.25) is 0 Å². The van der Waals surface area contributed by atoms with Gasteiger partial charge in [0.15, 0.2) is 0 Å². The van der Waals surface area contributed by atoms with Crippen LogP contribution in [0.5, 0.6) is 0 Å². The van der Waals surface area contributed by atoms with Crippen molar-refractivity contribution in [2.24, 2.45) is 0 Å². The van der Waals surface area contributed by atoms with Gasteiger partial charge in [-0.25, -0.2) is 4.98 Å². The van der Waals surface area contributed by atoms with Gasteiger partial charge in [-0.15, -0.1) is 0 Å². The van der Waals surface area contributed by atoms with E-state index in [9.17, 15) is 0 Å². The van der Waals surface area contributed by atoms with Crippen molar-refractivity contribution in [2.45, 2.75) is 39.3 Å². The number of imidazole rings is 1. The zero-order chi connectivity index (χ0) is 15.0. The summed E-state index contributed by atoms with van der Waals surface area (Å²) in [5, 5.41) is 3.46. The summed E-state index contributed by atoms with van der Waals surface area (Å²) >= 11 is 0. The van der Waals surface area contributed by atoms with Crippen LogP contribution >= 0.6 is 0 Å². The third-order valence-corrected chi connectivity index (χ3v) is 4.30. The molecule has 4 nitrogen and oxygen atoms in total. The Bertz CT molecular complexity index is 624. The largest absolute Gasteiger partial charge is 0.380 e. The van der Waals surface area contributed by atoms with Crippen molar-refractivity contribution in [1.29, 1.82) is 0 Å². The van der Waals surface area contributed by atoms with Crippen molar-refractivity contribution in [3.8, 4) is 11.3 Å². The second-order valence-corrected chi connectivity index (χ2v) is 6.01. The Morgan fingerprint density at radius 2 is 1.90 bits per heavy atom. The lowest BCUT2D eigenvalue weighted by molar-refractivity contribution is 0.117. The molecule has 0 amide bonds. The molecule has 2 atom stereocenters. The molecule has 0 aliphatic carbocycles. The Labute approximate surface area is 125 Å². The number of nitrogens with zero attached hydrogens (tertiary/aromatic N) is 1. The molecule has 112 valence electrons. The van der Waals surface area contributed by atoms with Crippen LogP contribution in [0.15, 0.2) is 18.3 Å². The van der Waals surface area contributed by atoms with Crippen molar-refractivity contribution >= 4 is 0 Å². The van der Waals surface area contributed by atoms with Gasteiger partial charge < -0.3 is 15.0 Å². The molecule has 2 unspecified atom stereocenters. The van der Waals surface area contributed by atoms with E-state index in [1.807, 2.05) is 6.20 Å². The number of ether oxygens (including phenoxy) is 1. The van der Waals surface area contributed by atoms with Crippen LogP contribution in [-0.4, -0.2) is 29.7 Å². The zero-order valence-corrected chi connectivity index (χ0v) is 13.2. The third-order valence-electron chi connectivity index (χ3n) is 4.30. The average molecular weight is 285 g/mol. The number of benzene rings is 1. The fraction of sp³-hybridized carbons (Fsp3) is 0.471. The van der Waals surface area contributed by atoms with E-state index in [0.717, 1.165) is 24.5 Å². The summed E-state index contributed by atoms with van der Waals surface area (Å²) in [4.78, 5) is 8.06. The molecule has 1 aromatic heterocycles. The van der Waals surface area contributed by atoms with E-state index in [0.29, 0.717) is 0 Å². The van der Waals surface area contributed by atoms with Crippen LogP contribution in [0.3, 0.4) is 0 Å². The first-order chi connectivity index (χ1) is 10.1. The maximum absolute atomic E-state index is 5.40. The minimum absolute atomic E-state index is 0.259. The maximum Gasteiger partial charge on any atom is 0.123 e. The summed E-state index contributed by atoms with van der Waals surface area (Å²) in [6, 6.07) is 4.70. The summed E-state index contributed by atoms with van der Waals surface area (Å²) in [7, 11) is 1.77. The topological polar surface area (TPSA) is 49.9 Å². The Morgan fingerprint density at radius 1 is 1.19 bits per heavy atom. The molecule has 1 aliphatic heterocycles. The van der Waals surface area contributed by atoms with Crippen molar-refractivity contribution in [2.75, 3.05) is 13.7 Å². The van der Waals surface area contributed by atoms with Gasteiger partial charge in [-0.2, -0.15) is 0 Å². The van der Waals surface area contributed by atoms with Crippen LogP contribution < -0.4 is 5.32 Å². The number of H-pyrrole nitrogens is 1. The van der Waals surface area contributed by atoms with Gasteiger partial charge >= 0.3 is 0 Å². The van der Waals surface area contributed by atoms with Gasteiger partial charge in [-0.1, -0.05) is 17.7 Å². The standard InChI is InChI=1S/C17H23N3O/c1-10-5-11(2)16(12(3)6-10)15-9-19-17(20-15)14-7-13(21-4)8-18-14/h5-6,9,13-14,18H,7-8H2,1-4H3,(H,19,20).